The second kappa shape index (κ2) is 7.09. The molecule has 1 aromatic rings. The molecule has 17 heavy (non-hydrogen) atoms. The van der Waals surface area contributed by atoms with Gasteiger partial charge in [-0.3, -0.25) is 9.59 Å². The summed E-state index contributed by atoms with van der Waals surface area (Å²) in [5, 5.41) is 2.74. The Balaban J connectivity index is 2.53. The van der Waals surface area contributed by atoms with Crippen LogP contribution in [0.5, 0.6) is 0 Å². The minimum Gasteiger partial charge on any atom is -0.330 e. The maximum Gasteiger partial charge on any atom is 0.234 e. The number of nitrogens with one attached hydrogen (secondary N) is 1. The maximum atomic E-state index is 11.5. The van der Waals surface area contributed by atoms with Gasteiger partial charge in [0, 0.05) is 23.5 Å². The highest BCUT2D eigenvalue weighted by Gasteiger charge is 2.04. The Kier molecular flexibility index (Phi) is 5.72. The van der Waals surface area contributed by atoms with Gasteiger partial charge in [-0.2, -0.15) is 11.8 Å². The van der Waals surface area contributed by atoms with Crippen LogP contribution in [0.2, 0.25) is 0 Å². The van der Waals surface area contributed by atoms with E-state index in [0.717, 1.165) is 5.75 Å². The summed E-state index contributed by atoms with van der Waals surface area (Å²) in [4.78, 5) is 22.7. The molecule has 0 saturated heterocycles. The molecule has 0 aliphatic carbocycles. The van der Waals surface area contributed by atoms with Crippen LogP contribution in [0.1, 0.15) is 17.3 Å². The van der Waals surface area contributed by atoms with Gasteiger partial charge in [-0.05, 0) is 19.1 Å². The molecule has 3 N–H and O–H groups in total. The molecule has 0 aromatic heterocycles. The second-order valence-electron chi connectivity index (χ2n) is 3.53. The highest BCUT2D eigenvalue weighted by molar-refractivity contribution is 7.99. The average molecular weight is 252 g/mol. The number of thioether (sulfide) groups is 1. The monoisotopic (exact) mass is 252 g/mol. The van der Waals surface area contributed by atoms with E-state index in [4.69, 9.17) is 5.73 Å². The van der Waals surface area contributed by atoms with E-state index in [-0.39, 0.29) is 11.7 Å². The van der Waals surface area contributed by atoms with Crippen molar-refractivity contribution in [3.05, 3.63) is 29.8 Å². The Morgan fingerprint density at radius 2 is 2.18 bits per heavy atom. The van der Waals surface area contributed by atoms with Crippen LogP contribution in [0.4, 0.5) is 5.69 Å². The van der Waals surface area contributed by atoms with Crippen molar-refractivity contribution >= 4 is 29.1 Å². The van der Waals surface area contributed by atoms with Crippen molar-refractivity contribution in [3.8, 4) is 0 Å². The Bertz CT molecular complexity index is 407. The lowest BCUT2D eigenvalue weighted by atomic mass is 10.1. The van der Waals surface area contributed by atoms with Crippen molar-refractivity contribution in [2.45, 2.75) is 6.92 Å². The SMILES string of the molecule is CC(=O)c1cccc(NC(=O)CSCCN)c1. The van der Waals surface area contributed by atoms with Gasteiger partial charge in [-0.15, -0.1) is 0 Å². The summed E-state index contributed by atoms with van der Waals surface area (Å²) in [5.74, 6) is 1.05. The number of rotatable bonds is 6. The molecule has 0 aliphatic rings. The van der Waals surface area contributed by atoms with Crippen molar-refractivity contribution in [1.82, 2.24) is 0 Å². The molecule has 92 valence electrons. The molecule has 0 radical (unpaired) electrons. The minimum absolute atomic E-state index is 0.0152. The van der Waals surface area contributed by atoms with Crippen LogP contribution in [0.15, 0.2) is 24.3 Å². The number of benzene rings is 1. The van der Waals surface area contributed by atoms with Gasteiger partial charge in [0.2, 0.25) is 5.91 Å². The van der Waals surface area contributed by atoms with Crippen LogP contribution >= 0.6 is 11.8 Å². The molecular weight excluding hydrogens is 236 g/mol. The lowest BCUT2D eigenvalue weighted by Gasteiger charge is -2.05. The zero-order valence-corrected chi connectivity index (χ0v) is 10.5. The third kappa shape index (κ3) is 5.01. The Labute approximate surface area is 105 Å². The summed E-state index contributed by atoms with van der Waals surface area (Å²) in [7, 11) is 0. The van der Waals surface area contributed by atoms with Crippen LogP contribution in [0.25, 0.3) is 0 Å². The zero-order valence-electron chi connectivity index (χ0n) is 9.73. The van der Waals surface area contributed by atoms with E-state index in [1.165, 1.54) is 18.7 Å². The molecule has 0 fully saturated rings. The predicted molar refractivity (Wildman–Crippen MR) is 71.5 cm³/mol. The van der Waals surface area contributed by atoms with E-state index < -0.39 is 0 Å². The van der Waals surface area contributed by atoms with Gasteiger partial charge < -0.3 is 11.1 Å². The Morgan fingerprint density at radius 1 is 1.41 bits per heavy atom. The summed E-state index contributed by atoms with van der Waals surface area (Å²) >= 11 is 1.49. The lowest BCUT2D eigenvalue weighted by molar-refractivity contribution is -0.113. The fourth-order valence-corrected chi connectivity index (χ4v) is 1.83. The number of hydrogen-bond acceptors (Lipinski definition) is 4. The highest BCUT2D eigenvalue weighted by Crippen LogP contribution is 2.11. The van der Waals surface area contributed by atoms with Gasteiger partial charge >= 0.3 is 0 Å². The van der Waals surface area contributed by atoms with E-state index in [9.17, 15) is 9.59 Å². The van der Waals surface area contributed by atoms with Gasteiger partial charge in [0.05, 0.1) is 5.75 Å². The number of carbonyl (C=O) groups excluding carboxylic acids is 2. The third-order valence-electron chi connectivity index (χ3n) is 2.05. The van der Waals surface area contributed by atoms with E-state index in [2.05, 4.69) is 5.32 Å². The lowest BCUT2D eigenvalue weighted by Crippen LogP contribution is -2.15. The predicted octanol–water partition coefficient (Wildman–Crippen LogP) is 1.52. The van der Waals surface area contributed by atoms with Gasteiger partial charge in [0.25, 0.3) is 0 Å². The zero-order chi connectivity index (χ0) is 12.7. The molecular formula is C12H16N2O2S. The first-order valence-corrected chi connectivity index (χ1v) is 6.47. The summed E-state index contributed by atoms with van der Waals surface area (Å²) < 4.78 is 0. The summed E-state index contributed by atoms with van der Waals surface area (Å²) in [6.07, 6.45) is 0. The molecule has 4 nitrogen and oxygen atoms in total. The van der Waals surface area contributed by atoms with Crippen molar-refractivity contribution < 1.29 is 9.59 Å². The van der Waals surface area contributed by atoms with Crippen molar-refractivity contribution in [3.63, 3.8) is 0 Å². The number of carbonyl (C=O) groups is 2. The molecule has 0 atom stereocenters. The summed E-state index contributed by atoms with van der Waals surface area (Å²) in [6.45, 7) is 2.07. The number of ketones is 1. The Morgan fingerprint density at radius 3 is 2.82 bits per heavy atom. The minimum atomic E-state index is -0.0795. The van der Waals surface area contributed by atoms with E-state index in [1.807, 2.05) is 0 Å². The van der Waals surface area contributed by atoms with Crippen LogP contribution in [0.3, 0.4) is 0 Å². The number of hydrogen-bond donors (Lipinski definition) is 2. The van der Waals surface area contributed by atoms with Crippen LogP contribution < -0.4 is 11.1 Å². The molecule has 0 aliphatic heterocycles. The van der Waals surface area contributed by atoms with Crippen molar-refractivity contribution in [1.29, 1.82) is 0 Å². The largest absolute Gasteiger partial charge is 0.330 e. The first-order valence-electron chi connectivity index (χ1n) is 5.32. The standard InChI is InChI=1S/C12H16N2O2S/c1-9(15)10-3-2-4-11(7-10)14-12(16)8-17-6-5-13/h2-4,7H,5-6,8,13H2,1H3,(H,14,16). The molecule has 0 saturated carbocycles. The summed E-state index contributed by atoms with van der Waals surface area (Å²) in [5.41, 5.74) is 6.57. The molecule has 0 heterocycles. The first kappa shape index (κ1) is 13.7. The van der Waals surface area contributed by atoms with Crippen LogP contribution in [0, 0.1) is 0 Å². The normalized spacial score (nSPS) is 10.0. The van der Waals surface area contributed by atoms with Crippen molar-refractivity contribution in [2.75, 3.05) is 23.4 Å². The number of nitrogens with two attached hydrogens (primary N) is 1. The van der Waals surface area contributed by atoms with Gasteiger partial charge in [-0.25, -0.2) is 0 Å². The highest BCUT2D eigenvalue weighted by atomic mass is 32.2. The summed E-state index contributed by atoms with van der Waals surface area (Å²) in [6, 6.07) is 6.91. The molecule has 0 bridgehead atoms. The molecule has 5 heteroatoms. The fourth-order valence-electron chi connectivity index (χ4n) is 1.26. The van der Waals surface area contributed by atoms with Crippen LogP contribution in [-0.4, -0.2) is 29.7 Å². The van der Waals surface area contributed by atoms with Gasteiger partial charge in [-0.1, -0.05) is 12.1 Å². The van der Waals surface area contributed by atoms with Gasteiger partial charge in [0.15, 0.2) is 5.78 Å². The number of Topliss-reactive ketones (excluding diaryl/α,β-unsaturated/α-hetero) is 1. The van der Waals surface area contributed by atoms with E-state index in [0.29, 0.717) is 23.5 Å². The first-order chi connectivity index (χ1) is 8.13. The Hall–Kier alpha value is -1.33. The number of amides is 1. The van der Waals surface area contributed by atoms with Crippen molar-refractivity contribution in [2.24, 2.45) is 5.73 Å². The third-order valence-corrected chi connectivity index (χ3v) is 3.04. The average Bonchev–Trinajstić information content (AvgIpc) is 2.29. The van der Waals surface area contributed by atoms with Gasteiger partial charge in [0.1, 0.15) is 0 Å². The molecule has 1 rings (SSSR count). The van der Waals surface area contributed by atoms with E-state index in [1.54, 1.807) is 24.3 Å². The number of anilines is 1. The maximum absolute atomic E-state index is 11.5. The topological polar surface area (TPSA) is 72.2 Å². The molecule has 0 spiro atoms. The quantitative estimate of drug-likeness (QED) is 0.595. The second-order valence-corrected chi connectivity index (χ2v) is 4.63. The molecule has 1 aromatic carbocycles. The van der Waals surface area contributed by atoms with E-state index >= 15 is 0 Å². The van der Waals surface area contributed by atoms with Crippen LogP contribution in [-0.2, 0) is 4.79 Å². The fraction of sp³-hybridized carbons (Fsp3) is 0.333. The molecule has 0 unspecified atom stereocenters. The smallest absolute Gasteiger partial charge is 0.234 e. The molecule has 1 amide bonds.